The first kappa shape index (κ1) is 10.5. The number of nitrogens with zero attached hydrogens (tertiary/aromatic N) is 1. The van der Waals surface area contributed by atoms with Gasteiger partial charge in [-0.25, -0.2) is 0 Å². The van der Waals surface area contributed by atoms with Crippen LogP contribution in [0.3, 0.4) is 0 Å². The average Bonchev–Trinajstić information content (AvgIpc) is 2.25. The Hall–Kier alpha value is -1.06. The van der Waals surface area contributed by atoms with Crippen molar-refractivity contribution < 1.29 is 5.11 Å². The maximum absolute atomic E-state index is 9.75. The summed E-state index contributed by atoms with van der Waals surface area (Å²) in [6, 6.07) is 8.29. The fourth-order valence-electron chi connectivity index (χ4n) is 2.16. The highest BCUT2D eigenvalue weighted by Crippen LogP contribution is 2.26. The van der Waals surface area contributed by atoms with Crippen molar-refractivity contribution in [1.82, 2.24) is 0 Å². The number of β-amino-alcohol motifs (C(OH)–C–C–N with tert-alkyl or cyclic N) is 1. The first-order chi connectivity index (χ1) is 7.31. The number of aliphatic hydroxyl groups is 1. The van der Waals surface area contributed by atoms with E-state index in [1.807, 2.05) is 12.1 Å². The normalized spacial score (nSPS) is 20.1. The van der Waals surface area contributed by atoms with E-state index in [1.54, 1.807) is 0 Å². The third-order valence-corrected chi connectivity index (χ3v) is 2.85. The minimum atomic E-state index is -0.238. The lowest BCUT2D eigenvalue weighted by atomic mass is 9.99. The number of aliphatic hydroxyl groups excluding tert-OH is 1. The first-order valence-corrected chi connectivity index (χ1v) is 5.52. The van der Waals surface area contributed by atoms with Gasteiger partial charge in [0.05, 0.1) is 6.10 Å². The fourth-order valence-corrected chi connectivity index (χ4v) is 2.16. The van der Waals surface area contributed by atoms with Crippen molar-refractivity contribution >= 4 is 5.69 Å². The summed E-state index contributed by atoms with van der Waals surface area (Å²) in [7, 11) is 0. The molecule has 1 aromatic rings. The van der Waals surface area contributed by atoms with E-state index in [4.69, 9.17) is 5.73 Å². The van der Waals surface area contributed by atoms with Crippen LogP contribution in [0, 0.1) is 0 Å². The van der Waals surface area contributed by atoms with Gasteiger partial charge in [0.2, 0.25) is 0 Å². The number of rotatable bonds is 3. The molecule has 0 radical (unpaired) electrons. The quantitative estimate of drug-likeness (QED) is 0.767. The molecule has 1 aromatic carbocycles. The molecule has 1 aliphatic rings. The van der Waals surface area contributed by atoms with Crippen LogP contribution in [0.5, 0.6) is 0 Å². The highest BCUT2D eigenvalue weighted by atomic mass is 16.3. The molecule has 2 rings (SSSR count). The zero-order valence-electron chi connectivity index (χ0n) is 8.89. The van der Waals surface area contributed by atoms with E-state index in [1.165, 1.54) is 11.3 Å². The van der Waals surface area contributed by atoms with Crippen LogP contribution in [0.15, 0.2) is 24.3 Å². The Morgan fingerprint density at radius 1 is 1.40 bits per heavy atom. The second-order valence-electron chi connectivity index (χ2n) is 4.07. The lowest BCUT2D eigenvalue weighted by molar-refractivity contribution is 0.175. The molecule has 3 heteroatoms. The summed E-state index contributed by atoms with van der Waals surface area (Å²) in [4.78, 5) is 2.23. The predicted octanol–water partition coefficient (Wildman–Crippen LogP) is 0.759. The second-order valence-corrected chi connectivity index (χ2v) is 4.07. The molecule has 3 nitrogen and oxygen atoms in total. The molecule has 0 aliphatic carbocycles. The Kier molecular flexibility index (Phi) is 3.23. The summed E-state index contributed by atoms with van der Waals surface area (Å²) < 4.78 is 0. The first-order valence-electron chi connectivity index (χ1n) is 5.52. The molecule has 3 N–H and O–H groups in total. The van der Waals surface area contributed by atoms with Crippen LogP contribution in [-0.4, -0.2) is 30.8 Å². The van der Waals surface area contributed by atoms with Crippen molar-refractivity contribution in [3.63, 3.8) is 0 Å². The molecular formula is C12H18N2O. The van der Waals surface area contributed by atoms with Crippen molar-refractivity contribution in [2.75, 3.05) is 24.5 Å². The van der Waals surface area contributed by atoms with Gasteiger partial charge in [-0.05, 0) is 24.6 Å². The minimum Gasteiger partial charge on any atom is -0.391 e. The van der Waals surface area contributed by atoms with Gasteiger partial charge in [-0.15, -0.1) is 0 Å². The Bertz CT molecular complexity index is 327. The number of nitrogens with two attached hydrogens (primary N) is 1. The molecule has 82 valence electrons. The highest BCUT2D eigenvalue weighted by molar-refractivity contribution is 5.55. The van der Waals surface area contributed by atoms with Gasteiger partial charge in [0.25, 0.3) is 0 Å². The molecule has 0 aromatic heterocycles. The Balaban J connectivity index is 2.18. The van der Waals surface area contributed by atoms with Crippen LogP contribution >= 0.6 is 0 Å². The molecule has 0 bridgehead atoms. The summed E-state index contributed by atoms with van der Waals surface area (Å²) in [6.07, 6.45) is 1.51. The molecule has 1 aliphatic heterocycles. The number of anilines is 1. The second kappa shape index (κ2) is 4.64. The number of benzene rings is 1. The third kappa shape index (κ3) is 2.30. The SMILES string of the molecule is NCCCN1CC(O)Cc2ccccc21. The Morgan fingerprint density at radius 2 is 2.20 bits per heavy atom. The van der Waals surface area contributed by atoms with Gasteiger partial charge in [0.1, 0.15) is 0 Å². The molecule has 1 atom stereocenters. The maximum atomic E-state index is 9.75. The van der Waals surface area contributed by atoms with E-state index in [2.05, 4.69) is 17.0 Å². The van der Waals surface area contributed by atoms with Gasteiger partial charge in [-0.1, -0.05) is 18.2 Å². The molecule has 0 spiro atoms. The van der Waals surface area contributed by atoms with Crippen molar-refractivity contribution in [2.45, 2.75) is 18.9 Å². The zero-order chi connectivity index (χ0) is 10.7. The van der Waals surface area contributed by atoms with Crippen molar-refractivity contribution in [1.29, 1.82) is 0 Å². The topological polar surface area (TPSA) is 49.5 Å². The average molecular weight is 206 g/mol. The van der Waals surface area contributed by atoms with Gasteiger partial charge in [0, 0.05) is 25.2 Å². The van der Waals surface area contributed by atoms with Gasteiger partial charge in [0.15, 0.2) is 0 Å². The van der Waals surface area contributed by atoms with Crippen LogP contribution in [0.2, 0.25) is 0 Å². The Morgan fingerprint density at radius 3 is 3.00 bits per heavy atom. The monoisotopic (exact) mass is 206 g/mol. The summed E-state index contributed by atoms with van der Waals surface area (Å²) in [5, 5.41) is 9.75. The Labute approximate surface area is 90.5 Å². The van der Waals surface area contributed by atoms with E-state index in [0.717, 1.165) is 25.9 Å². The van der Waals surface area contributed by atoms with Gasteiger partial charge in [-0.2, -0.15) is 0 Å². The van der Waals surface area contributed by atoms with Gasteiger partial charge >= 0.3 is 0 Å². The lowest BCUT2D eigenvalue weighted by Crippen LogP contribution is -2.39. The molecule has 0 saturated carbocycles. The van der Waals surface area contributed by atoms with Crippen LogP contribution in [0.1, 0.15) is 12.0 Å². The highest BCUT2D eigenvalue weighted by Gasteiger charge is 2.21. The van der Waals surface area contributed by atoms with Crippen molar-refractivity contribution in [3.8, 4) is 0 Å². The smallest absolute Gasteiger partial charge is 0.0756 e. The van der Waals surface area contributed by atoms with Crippen LogP contribution < -0.4 is 10.6 Å². The van der Waals surface area contributed by atoms with Crippen LogP contribution in [-0.2, 0) is 6.42 Å². The molecule has 1 unspecified atom stereocenters. The third-order valence-electron chi connectivity index (χ3n) is 2.85. The molecule has 15 heavy (non-hydrogen) atoms. The molecule has 0 fully saturated rings. The van der Waals surface area contributed by atoms with E-state index >= 15 is 0 Å². The van der Waals surface area contributed by atoms with Gasteiger partial charge in [-0.3, -0.25) is 0 Å². The summed E-state index contributed by atoms with van der Waals surface area (Å²) in [5.41, 5.74) is 8.02. The standard InChI is InChI=1S/C12H18N2O/c13-6-3-7-14-9-11(15)8-10-4-1-2-5-12(10)14/h1-2,4-5,11,15H,3,6-9,13H2. The lowest BCUT2D eigenvalue weighted by Gasteiger charge is -2.34. The van der Waals surface area contributed by atoms with Crippen molar-refractivity contribution in [3.05, 3.63) is 29.8 Å². The molecule has 0 amide bonds. The molecule has 1 heterocycles. The number of para-hydroxylation sites is 1. The minimum absolute atomic E-state index is 0.238. The van der Waals surface area contributed by atoms with E-state index in [9.17, 15) is 5.11 Å². The van der Waals surface area contributed by atoms with Crippen LogP contribution in [0.25, 0.3) is 0 Å². The van der Waals surface area contributed by atoms with Crippen molar-refractivity contribution in [2.24, 2.45) is 5.73 Å². The number of hydrogen-bond acceptors (Lipinski definition) is 3. The number of hydrogen-bond donors (Lipinski definition) is 2. The number of fused-ring (bicyclic) bond motifs is 1. The van der Waals surface area contributed by atoms with Crippen LogP contribution in [0.4, 0.5) is 5.69 Å². The predicted molar refractivity (Wildman–Crippen MR) is 62.0 cm³/mol. The maximum Gasteiger partial charge on any atom is 0.0756 e. The summed E-state index contributed by atoms with van der Waals surface area (Å²) in [5.74, 6) is 0. The summed E-state index contributed by atoms with van der Waals surface area (Å²) in [6.45, 7) is 2.37. The van der Waals surface area contributed by atoms with Gasteiger partial charge < -0.3 is 15.7 Å². The van der Waals surface area contributed by atoms with E-state index in [0.29, 0.717) is 6.54 Å². The molecule has 0 saturated heterocycles. The summed E-state index contributed by atoms with van der Waals surface area (Å²) >= 11 is 0. The fraction of sp³-hybridized carbons (Fsp3) is 0.500. The zero-order valence-corrected chi connectivity index (χ0v) is 8.89. The van der Waals surface area contributed by atoms with E-state index < -0.39 is 0 Å². The van der Waals surface area contributed by atoms with E-state index in [-0.39, 0.29) is 6.10 Å². The molecular weight excluding hydrogens is 188 g/mol. The largest absolute Gasteiger partial charge is 0.391 e.